The van der Waals surface area contributed by atoms with Crippen LogP contribution in [0.25, 0.3) is 0 Å². The first kappa shape index (κ1) is 21.3. The van der Waals surface area contributed by atoms with Crippen molar-refractivity contribution in [3.8, 4) is 0 Å². The van der Waals surface area contributed by atoms with E-state index in [2.05, 4.69) is 26.1 Å². The van der Waals surface area contributed by atoms with Gasteiger partial charge in [0.05, 0.1) is 31.0 Å². The number of carbonyl (C=O) groups is 3. The summed E-state index contributed by atoms with van der Waals surface area (Å²) < 4.78 is 10.2. The molecule has 0 radical (unpaired) electrons. The van der Waals surface area contributed by atoms with E-state index in [1.54, 1.807) is 13.8 Å². The summed E-state index contributed by atoms with van der Waals surface area (Å²) in [5.74, 6) is -1.46. The number of hydrogen-bond acceptors (Lipinski definition) is 6. The summed E-state index contributed by atoms with van der Waals surface area (Å²) in [6.07, 6.45) is 2.22. The van der Waals surface area contributed by atoms with Gasteiger partial charge in [0.2, 0.25) is 11.3 Å². The molecule has 0 fully saturated rings. The van der Waals surface area contributed by atoms with Crippen LogP contribution < -0.4 is 5.32 Å². The molecule has 0 spiro atoms. The minimum absolute atomic E-state index is 0.101. The normalized spacial score (nSPS) is 23.1. The maximum Gasteiger partial charge on any atom is 0.328 e. The number of nitrogens with one attached hydrogen (secondary N) is 1. The highest BCUT2D eigenvalue weighted by Crippen LogP contribution is 2.44. The van der Waals surface area contributed by atoms with Crippen LogP contribution in [0.5, 0.6) is 0 Å². The van der Waals surface area contributed by atoms with Gasteiger partial charge in [0.25, 0.3) is 0 Å². The van der Waals surface area contributed by atoms with Crippen LogP contribution in [0.2, 0.25) is 0 Å². The van der Waals surface area contributed by atoms with E-state index in [0.29, 0.717) is 11.6 Å². The van der Waals surface area contributed by atoms with E-state index in [9.17, 15) is 14.4 Å². The summed E-state index contributed by atoms with van der Waals surface area (Å²) >= 11 is 0. The Bertz CT molecular complexity index is 842. The number of fused-ring (bicyclic) bond motifs is 2. The Morgan fingerprint density at radius 1 is 1.24 bits per heavy atom. The summed E-state index contributed by atoms with van der Waals surface area (Å²) in [5, 5.41) is 2.77. The molecule has 1 aliphatic heterocycles. The van der Waals surface area contributed by atoms with E-state index >= 15 is 0 Å². The molecule has 3 rings (SSSR count). The second kappa shape index (κ2) is 7.76. The van der Waals surface area contributed by atoms with Gasteiger partial charge in [-0.1, -0.05) is 20.8 Å². The Kier molecular flexibility index (Phi) is 5.70. The SMILES string of the molecule is CCOC(=O)CC1(C(=O)OCC)C(=O)Nc2cc3c(nc21)CCC(C(C)(C)C)C3. The summed E-state index contributed by atoms with van der Waals surface area (Å²) in [7, 11) is 0. The molecule has 7 nitrogen and oxygen atoms in total. The smallest absolute Gasteiger partial charge is 0.328 e. The minimum Gasteiger partial charge on any atom is -0.466 e. The highest BCUT2D eigenvalue weighted by molar-refractivity contribution is 6.20. The van der Waals surface area contributed by atoms with Crippen LogP contribution in [-0.4, -0.2) is 36.0 Å². The number of anilines is 1. The Labute approximate surface area is 171 Å². The topological polar surface area (TPSA) is 94.6 Å². The molecule has 1 aromatic heterocycles. The predicted octanol–water partition coefficient (Wildman–Crippen LogP) is 2.94. The van der Waals surface area contributed by atoms with E-state index < -0.39 is 29.7 Å². The Hall–Kier alpha value is -2.44. The number of rotatable bonds is 5. The molecule has 1 aromatic rings. The zero-order valence-corrected chi connectivity index (χ0v) is 17.9. The lowest BCUT2D eigenvalue weighted by molar-refractivity contribution is -0.159. The van der Waals surface area contributed by atoms with E-state index in [1.807, 2.05) is 6.07 Å². The molecule has 2 unspecified atom stereocenters. The van der Waals surface area contributed by atoms with Crippen molar-refractivity contribution < 1.29 is 23.9 Å². The number of aromatic nitrogens is 1. The van der Waals surface area contributed by atoms with Crippen molar-refractivity contribution in [2.24, 2.45) is 11.3 Å². The van der Waals surface area contributed by atoms with E-state index in [0.717, 1.165) is 30.5 Å². The lowest BCUT2D eigenvalue weighted by Gasteiger charge is -2.35. The Morgan fingerprint density at radius 2 is 1.93 bits per heavy atom. The Morgan fingerprint density at radius 3 is 2.55 bits per heavy atom. The number of hydrogen-bond donors (Lipinski definition) is 1. The molecule has 0 aromatic carbocycles. The molecular formula is C22H30N2O5. The van der Waals surface area contributed by atoms with Crippen LogP contribution in [0.3, 0.4) is 0 Å². The number of pyridine rings is 1. The van der Waals surface area contributed by atoms with E-state index in [4.69, 9.17) is 14.5 Å². The quantitative estimate of drug-likeness (QED) is 0.601. The molecular weight excluding hydrogens is 372 g/mol. The molecule has 1 N–H and O–H groups in total. The second-order valence-electron chi connectivity index (χ2n) is 8.86. The second-order valence-corrected chi connectivity index (χ2v) is 8.86. The third-order valence-corrected chi connectivity index (χ3v) is 5.99. The molecule has 1 aliphatic carbocycles. The molecule has 158 valence electrons. The van der Waals surface area contributed by atoms with Crippen LogP contribution in [-0.2, 0) is 42.1 Å². The van der Waals surface area contributed by atoms with Crippen molar-refractivity contribution in [3.05, 3.63) is 23.0 Å². The van der Waals surface area contributed by atoms with Gasteiger partial charge in [-0.25, -0.2) is 0 Å². The first-order valence-electron chi connectivity index (χ1n) is 10.3. The van der Waals surface area contributed by atoms with Gasteiger partial charge in [-0.3, -0.25) is 19.4 Å². The van der Waals surface area contributed by atoms with Gasteiger partial charge in [0, 0.05) is 5.69 Å². The summed E-state index contributed by atoms with van der Waals surface area (Å²) in [6.45, 7) is 10.3. The van der Waals surface area contributed by atoms with Crippen LogP contribution in [0.1, 0.15) is 64.4 Å². The van der Waals surface area contributed by atoms with Crippen molar-refractivity contribution in [1.29, 1.82) is 0 Å². The highest BCUT2D eigenvalue weighted by atomic mass is 16.5. The van der Waals surface area contributed by atoms with Crippen molar-refractivity contribution >= 4 is 23.5 Å². The zero-order valence-electron chi connectivity index (χ0n) is 17.9. The van der Waals surface area contributed by atoms with Crippen LogP contribution in [0, 0.1) is 11.3 Å². The fourth-order valence-corrected chi connectivity index (χ4v) is 4.27. The molecule has 2 heterocycles. The lowest BCUT2D eigenvalue weighted by atomic mass is 9.71. The average molecular weight is 402 g/mol. The number of aryl methyl sites for hydroxylation is 1. The summed E-state index contributed by atoms with van der Waals surface area (Å²) in [6, 6.07) is 1.92. The van der Waals surface area contributed by atoms with Crippen LogP contribution >= 0.6 is 0 Å². The fraction of sp³-hybridized carbons (Fsp3) is 0.636. The van der Waals surface area contributed by atoms with Gasteiger partial charge in [-0.2, -0.15) is 0 Å². The average Bonchev–Trinajstić information content (AvgIpc) is 2.90. The van der Waals surface area contributed by atoms with Gasteiger partial charge < -0.3 is 14.8 Å². The largest absolute Gasteiger partial charge is 0.466 e. The van der Waals surface area contributed by atoms with Crippen molar-refractivity contribution in [1.82, 2.24) is 4.98 Å². The van der Waals surface area contributed by atoms with Crippen molar-refractivity contribution in [2.75, 3.05) is 18.5 Å². The highest BCUT2D eigenvalue weighted by Gasteiger charge is 2.58. The number of esters is 2. The first-order chi connectivity index (χ1) is 13.6. The number of amides is 1. The van der Waals surface area contributed by atoms with Gasteiger partial charge >= 0.3 is 11.9 Å². The molecule has 2 atom stereocenters. The molecule has 0 saturated heterocycles. The summed E-state index contributed by atoms with van der Waals surface area (Å²) in [5.41, 5.74) is 1.12. The zero-order chi connectivity index (χ0) is 21.4. The maximum absolute atomic E-state index is 13.0. The summed E-state index contributed by atoms with van der Waals surface area (Å²) in [4.78, 5) is 42.9. The molecule has 1 amide bonds. The van der Waals surface area contributed by atoms with Crippen molar-refractivity contribution in [2.45, 2.75) is 65.7 Å². The first-order valence-corrected chi connectivity index (χ1v) is 10.3. The minimum atomic E-state index is -1.80. The standard InChI is InChI=1S/C22H30N2O5/c1-6-28-17(25)12-22(20(27)29-7-2)18-16(24-19(22)26)11-13-10-14(21(3,4)5)8-9-15(13)23-18/h11,14H,6-10,12H2,1-5H3,(H,24,26). The number of ether oxygens (including phenoxy) is 2. The van der Waals surface area contributed by atoms with Crippen molar-refractivity contribution in [3.63, 3.8) is 0 Å². The molecule has 7 heteroatoms. The van der Waals surface area contributed by atoms with E-state index in [1.165, 1.54) is 0 Å². The van der Waals surface area contributed by atoms with Gasteiger partial charge in [-0.05, 0) is 56.1 Å². The predicted molar refractivity (Wildman–Crippen MR) is 107 cm³/mol. The molecule has 2 aliphatic rings. The maximum atomic E-state index is 13.0. The number of nitrogens with zero attached hydrogens (tertiary/aromatic N) is 1. The van der Waals surface area contributed by atoms with Crippen LogP contribution in [0.4, 0.5) is 5.69 Å². The number of carbonyl (C=O) groups excluding carboxylic acids is 3. The van der Waals surface area contributed by atoms with Gasteiger partial charge in [0.15, 0.2) is 0 Å². The molecule has 0 bridgehead atoms. The molecule has 29 heavy (non-hydrogen) atoms. The Balaban J connectivity index is 2.05. The fourth-order valence-electron chi connectivity index (χ4n) is 4.27. The monoisotopic (exact) mass is 402 g/mol. The third kappa shape index (κ3) is 3.74. The van der Waals surface area contributed by atoms with Gasteiger partial charge in [0.1, 0.15) is 0 Å². The lowest BCUT2D eigenvalue weighted by Crippen LogP contribution is -2.46. The van der Waals surface area contributed by atoms with E-state index in [-0.39, 0.29) is 24.3 Å². The third-order valence-electron chi connectivity index (χ3n) is 5.99. The van der Waals surface area contributed by atoms with Gasteiger partial charge in [-0.15, -0.1) is 0 Å². The van der Waals surface area contributed by atoms with Crippen LogP contribution in [0.15, 0.2) is 6.07 Å². The molecule has 0 saturated carbocycles.